The molecule has 168 valence electrons. The minimum atomic E-state index is -0.420. The van der Waals surface area contributed by atoms with Crippen LogP contribution in [-0.4, -0.2) is 16.8 Å². The van der Waals surface area contributed by atoms with Crippen molar-refractivity contribution in [3.05, 3.63) is 101 Å². The quantitative estimate of drug-likeness (QED) is 0.183. The van der Waals surface area contributed by atoms with Crippen LogP contribution >= 0.6 is 56.8 Å². The summed E-state index contributed by atoms with van der Waals surface area (Å²) in [6.07, 6.45) is 1.69. The SMILES string of the molecule is Cc1ccc(CN2C(=O)N/C(=C/c3cc(I)c(OCc4ccccc4Cl)c(I)c3)C2=O)cc1. The van der Waals surface area contributed by atoms with Gasteiger partial charge in [0.1, 0.15) is 18.1 Å². The maximum atomic E-state index is 12.9. The number of amides is 3. The lowest BCUT2D eigenvalue weighted by atomic mass is 10.1. The molecule has 3 aromatic carbocycles. The monoisotopic (exact) mass is 684 g/mol. The van der Waals surface area contributed by atoms with Crippen LogP contribution in [0, 0.1) is 14.1 Å². The molecule has 8 heteroatoms. The van der Waals surface area contributed by atoms with Gasteiger partial charge in [-0.05, 0) is 87.5 Å². The number of imide groups is 1. The van der Waals surface area contributed by atoms with Gasteiger partial charge in [-0.25, -0.2) is 4.79 Å². The van der Waals surface area contributed by atoms with E-state index in [0.29, 0.717) is 11.6 Å². The van der Waals surface area contributed by atoms with Crippen molar-refractivity contribution >= 4 is 74.8 Å². The lowest BCUT2D eigenvalue weighted by molar-refractivity contribution is -0.123. The number of nitrogens with one attached hydrogen (secondary N) is 1. The maximum absolute atomic E-state index is 12.9. The molecule has 3 amide bonds. The van der Waals surface area contributed by atoms with Crippen molar-refractivity contribution in [1.29, 1.82) is 0 Å². The molecule has 0 radical (unpaired) electrons. The largest absolute Gasteiger partial charge is 0.487 e. The predicted octanol–water partition coefficient (Wildman–Crippen LogP) is 6.53. The average Bonchev–Trinajstić information content (AvgIpc) is 3.03. The molecule has 0 bridgehead atoms. The molecule has 0 saturated carbocycles. The fraction of sp³-hybridized carbons (Fsp3) is 0.120. The molecular weight excluding hydrogens is 666 g/mol. The number of carbonyl (C=O) groups excluding carboxylic acids is 2. The maximum Gasteiger partial charge on any atom is 0.329 e. The third-order valence-corrected chi connectivity index (χ3v) is 7.06. The minimum Gasteiger partial charge on any atom is -0.487 e. The van der Waals surface area contributed by atoms with E-state index < -0.39 is 6.03 Å². The molecule has 0 unspecified atom stereocenters. The standard InChI is InChI=1S/C25H19ClI2N2O3/c1-15-6-8-16(9-7-15)13-30-24(31)22(29-25(30)32)12-17-10-20(27)23(21(28)11-17)33-14-18-4-2-3-5-19(18)26/h2-12H,13-14H2,1H3,(H,29,32)/b22-12+. The van der Waals surface area contributed by atoms with E-state index in [0.717, 1.165) is 35.1 Å². The Balaban J connectivity index is 1.50. The van der Waals surface area contributed by atoms with E-state index in [1.165, 1.54) is 4.90 Å². The molecule has 1 N–H and O–H groups in total. The topological polar surface area (TPSA) is 58.6 Å². The minimum absolute atomic E-state index is 0.228. The Morgan fingerprint density at radius 1 is 1.03 bits per heavy atom. The first-order chi connectivity index (χ1) is 15.8. The second-order valence-corrected chi connectivity index (χ2v) is 10.3. The molecule has 0 atom stereocenters. The van der Waals surface area contributed by atoms with Crippen molar-refractivity contribution < 1.29 is 14.3 Å². The van der Waals surface area contributed by atoms with Crippen molar-refractivity contribution in [3.63, 3.8) is 0 Å². The number of ether oxygens (including phenoxy) is 1. The fourth-order valence-corrected chi connectivity index (χ4v) is 5.64. The van der Waals surface area contributed by atoms with E-state index in [9.17, 15) is 9.59 Å². The summed E-state index contributed by atoms with van der Waals surface area (Å²) in [5.74, 6) is 0.408. The van der Waals surface area contributed by atoms with Crippen LogP contribution in [-0.2, 0) is 17.9 Å². The van der Waals surface area contributed by atoms with Crippen molar-refractivity contribution in [2.75, 3.05) is 0 Å². The highest BCUT2D eigenvalue weighted by molar-refractivity contribution is 14.1. The lowest BCUT2D eigenvalue weighted by Gasteiger charge is -2.13. The van der Waals surface area contributed by atoms with Gasteiger partial charge in [-0.3, -0.25) is 9.69 Å². The van der Waals surface area contributed by atoms with Gasteiger partial charge < -0.3 is 10.1 Å². The first kappa shape index (κ1) is 24.0. The van der Waals surface area contributed by atoms with Gasteiger partial charge in [-0.2, -0.15) is 0 Å². The van der Waals surface area contributed by atoms with Crippen LogP contribution in [0.15, 0.2) is 66.4 Å². The highest BCUT2D eigenvalue weighted by Gasteiger charge is 2.33. The van der Waals surface area contributed by atoms with Crippen molar-refractivity contribution in [1.82, 2.24) is 10.2 Å². The number of aryl methyl sites for hydroxylation is 1. The van der Waals surface area contributed by atoms with Crippen LogP contribution in [0.25, 0.3) is 6.08 Å². The number of hydrogen-bond acceptors (Lipinski definition) is 3. The zero-order valence-corrected chi connectivity index (χ0v) is 22.6. The van der Waals surface area contributed by atoms with Gasteiger partial charge in [0.2, 0.25) is 0 Å². The Hall–Kier alpha value is -2.11. The Kier molecular flexibility index (Phi) is 7.60. The van der Waals surface area contributed by atoms with E-state index in [1.807, 2.05) is 67.6 Å². The van der Waals surface area contributed by atoms with Crippen LogP contribution in [0.4, 0.5) is 4.79 Å². The first-order valence-electron chi connectivity index (χ1n) is 10.1. The van der Waals surface area contributed by atoms with Crippen molar-refractivity contribution in [3.8, 4) is 5.75 Å². The van der Waals surface area contributed by atoms with Gasteiger partial charge in [-0.15, -0.1) is 0 Å². The second-order valence-electron chi connectivity index (χ2n) is 7.56. The number of rotatable bonds is 6. The van der Waals surface area contributed by atoms with Gasteiger partial charge in [0.25, 0.3) is 5.91 Å². The number of nitrogens with zero attached hydrogens (tertiary/aromatic N) is 1. The molecule has 33 heavy (non-hydrogen) atoms. The summed E-state index contributed by atoms with van der Waals surface area (Å²) < 4.78 is 7.81. The summed E-state index contributed by atoms with van der Waals surface area (Å²) in [7, 11) is 0. The van der Waals surface area contributed by atoms with Gasteiger partial charge in [0.15, 0.2) is 0 Å². The number of urea groups is 1. The van der Waals surface area contributed by atoms with Crippen LogP contribution in [0.3, 0.4) is 0 Å². The Labute approximate surface area is 224 Å². The normalized spacial score (nSPS) is 14.7. The average molecular weight is 685 g/mol. The van der Waals surface area contributed by atoms with E-state index in [4.69, 9.17) is 16.3 Å². The van der Waals surface area contributed by atoms with Gasteiger partial charge in [0.05, 0.1) is 13.7 Å². The summed E-state index contributed by atoms with van der Waals surface area (Å²) in [6, 6.07) is 18.7. The third-order valence-electron chi connectivity index (χ3n) is 5.09. The molecule has 1 aliphatic rings. The smallest absolute Gasteiger partial charge is 0.329 e. The van der Waals surface area contributed by atoms with E-state index >= 15 is 0 Å². The van der Waals surface area contributed by atoms with Gasteiger partial charge in [-0.1, -0.05) is 59.6 Å². The molecule has 3 aromatic rings. The molecule has 0 spiro atoms. The number of benzene rings is 3. The summed E-state index contributed by atoms with van der Waals surface area (Å²) in [5.41, 5.74) is 3.98. The number of hydrogen-bond donors (Lipinski definition) is 1. The zero-order chi connectivity index (χ0) is 23.5. The fourth-order valence-electron chi connectivity index (χ4n) is 3.32. The molecule has 1 aliphatic heterocycles. The van der Waals surface area contributed by atoms with Crippen molar-refractivity contribution in [2.45, 2.75) is 20.1 Å². The first-order valence-corrected chi connectivity index (χ1v) is 12.6. The van der Waals surface area contributed by atoms with E-state index in [2.05, 4.69) is 50.5 Å². The van der Waals surface area contributed by atoms with Gasteiger partial charge in [0, 0.05) is 10.6 Å². The lowest BCUT2D eigenvalue weighted by Crippen LogP contribution is -2.30. The molecular formula is C25H19ClI2N2O3. The molecule has 1 saturated heterocycles. The van der Waals surface area contributed by atoms with Gasteiger partial charge >= 0.3 is 6.03 Å². The highest BCUT2D eigenvalue weighted by atomic mass is 127. The number of halogens is 3. The Morgan fingerprint density at radius 3 is 2.36 bits per heavy atom. The predicted molar refractivity (Wildman–Crippen MR) is 146 cm³/mol. The number of carbonyl (C=O) groups is 2. The van der Waals surface area contributed by atoms with Crippen LogP contribution in [0.5, 0.6) is 5.75 Å². The van der Waals surface area contributed by atoms with Crippen LogP contribution in [0.2, 0.25) is 5.02 Å². The Morgan fingerprint density at radius 2 is 1.70 bits per heavy atom. The summed E-state index contributed by atoms with van der Waals surface area (Å²) >= 11 is 10.6. The van der Waals surface area contributed by atoms with Crippen LogP contribution < -0.4 is 10.1 Å². The van der Waals surface area contributed by atoms with E-state index in [1.54, 1.807) is 6.08 Å². The third kappa shape index (κ3) is 5.70. The molecule has 0 aliphatic carbocycles. The molecule has 0 aromatic heterocycles. The Bertz CT molecular complexity index is 1240. The summed E-state index contributed by atoms with van der Waals surface area (Å²) in [6.45, 7) is 2.58. The molecule has 5 nitrogen and oxygen atoms in total. The summed E-state index contributed by atoms with van der Waals surface area (Å²) in [5, 5.41) is 3.35. The van der Waals surface area contributed by atoms with Crippen molar-refractivity contribution in [2.24, 2.45) is 0 Å². The molecule has 1 heterocycles. The van der Waals surface area contributed by atoms with E-state index in [-0.39, 0.29) is 18.1 Å². The molecule has 1 fully saturated rings. The van der Waals surface area contributed by atoms with Crippen LogP contribution in [0.1, 0.15) is 22.3 Å². The summed E-state index contributed by atoms with van der Waals surface area (Å²) in [4.78, 5) is 26.5. The molecule has 4 rings (SSSR count). The zero-order valence-electron chi connectivity index (χ0n) is 17.6. The second kappa shape index (κ2) is 10.4. The highest BCUT2D eigenvalue weighted by Crippen LogP contribution is 2.31.